The lowest BCUT2D eigenvalue weighted by Gasteiger charge is -2.26. The maximum absolute atomic E-state index is 12.9. The largest absolute Gasteiger partial charge is 0.345 e. The van der Waals surface area contributed by atoms with Gasteiger partial charge < -0.3 is 15.6 Å². The highest BCUT2D eigenvalue weighted by atomic mass is 16.2. The Morgan fingerprint density at radius 3 is 2.83 bits per heavy atom. The van der Waals surface area contributed by atoms with Gasteiger partial charge in [0.1, 0.15) is 0 Å². The zero-order valence-electron chi connectivity index (χ0n) is 15.7. The molecule has 1 aliphatic rings. The Balaban J connectivity index is 1.41. The summed E-state index contributed by atoms with van der Waals surface area (Å²) in [6.45, 7) is 2.73. The number of amides is 1. The van der Waals surface area contributed by atoms with Crippen LogP contribution in [-0.4, -0.2) is 44.0 Å². The van der Waals surface area contributed by atoms with Gasteiger partial charge in [-0.15, -0.1) is 5.10 Å². The van der Waals surface area contributed by atoms with E-state index in [2.05, 4.69) is 30.9 Å². The fraction of sp³-hybridized carbons (Fsp3) is 0.238. The first-order valence-electron chi connectivity index (χ1n) is 9.66. The predicted octanol–water partition coefficient (Wildman–Crippen LogP) is 1.89. The molecular weight excluding hydrogens is 366 g/mol. The van der Waals surface area contributed by atoms with Crippen molar-refractivity contribution in [3.8, 4) is 0 Å². The molecule has 0 aliphatic carbocycles. The van der Waals surface area contributed by atoms with Gasteiger partial charge in [-0.2, -0.15) is 0 Å². The lowest BCUT2D eigenvalue weighted by atomic mass is 9.98. The second-order valence-electron chi connectivity index (χ2n) is 7.35. The van der Waals surface area contributed by atoms with E-state index < -0.39 is 0 Å². The molecule has 1 aliphatic heterocycles. The molecule has 0 saturated carbocycles. The third-order valence-corrected chi connectivity index (χ3v) is 5.27. The Labute approximate surface area is 167 Å². The van der Waals surface area contributed by atoms with Crippen LogP contribution in [-0.2, 0) is 6.54 Å². The van der Waals surface area contributed by atoms with Crippen LogP contribution >= 0.6 is 0 Å². The van der Waals surface area contributed by atoms with Gasteiger partial charge in [-0.1, -0.05) is 41.6 Å². The average Bonchev–Trinajstić information content (AvgIpc) is 3.38. The van der Waals surface area contributed by atoms with Gasteiger partial charge in [0.15, 0.2) is 5.69 Å². The van der Waals surface area contributed by atoms with Crippen LogP contribution < -0.4 is 10.6 Å². The lowest BCUT2D eigenvalue weighted by Crippen LogP contribution is -2.44. The number of H-pyrrole nitrogens is 1. The number of nitrogens with zero attached hydrogens (tertiary/aromatic N) is 4. The number of carbonyl (C=O) groups is 1. The molecule has 0 spiro atoms. The van der Waals surface area contributed by atoms with E-state index in [9.17, 15) is 4.79 Å². The van der Waals surface area contributed by atoms with Crippen LogP contribution in [0.5, 0.6) is 0 Å². The molecule has 0 bridgehead atoms. The summed E-state index contributed by atoms with van der Waals surface area (Å²) >= 11 is 0. The standard InChI is InChI=1S/C21H21N7O/c29-21(19-12-28(27-26-19)11-14-9-22-10-14)25-20(15-4-2-1-3-5-15)16-6-7-17-18(8-16)24-13-23-17/h1-8,12-14,20,22H,9-11H2,(H,23,24)(H,25,29). The quantitative estimate of drug-likeness (QED) is 0.469. The van der Waals surface area contributed by atoms with Gasteiger partial charge in [-0.3, -0.25) is 9.48 Å². The highest BCUT2D eigenvalue weighted by molar-refractivity contribution is 5.92. The van der Waals surface area contributed by atoms with E-state index in [1.54, 1.807) is 17.2 Å². The van der Waals surface area contributed by atoms with Crippen molar-refractivity contribution in [1.82, 2.24) is 35.6 Å². The van der Waals surface area contributed by atoms with E-state index >= 15 is 0 Å². The molecule has 8 nitrogen and oxygen atoms in total. The van der Waals surface area contributed by atoms with Gasteiger partial charge in [0.25, 0.3) is 5.91 Å². The van der Waals surface area contributed by atoms with Crippen LogP contribution in [0.4, 0.5) is 0 Å². The molecule has 1 unspecified atom stereocenters. The molecule has 1 fully saturated rings. The second kappa shape index (κ2) is 7.48. The Hall–Kier alpha value is -3.52. The topological polar surface area (TPSA) is 101 Å². The molecule has 2 aromatic carbocycles. The number of nitrogens with one attached hydrogen (secondary N) is 3. The predicted molar refractivity (Wildman–Crippen MR) is 108 cm³/mol. The molecule has 1 atom stereocenters. The Kier molecular flexibility index (Phi) is 4.53. The van der Waals surface area contributed by atoms with Crippen molar-refractivity contribution in [3.05, 3.63) is 77.9 Å². The van der Waals surface area contributed by atoms with Crippen LogP contribution in [0.3, 0.4) is 0 Å². The summed E-state index contributed by atoms with van der Waals surface area (Å²) in [4.78, 5) is 20.3. The number of hydrogen-bond acceptors (Lipinski definition) is 5. The monoisotopic (exact) mass is 387 g/mol. The van der Waals surface area contributed by atoms with E-state index in [1.807, 2.05) is 48.5 Å². The van der Waals surface area contributed by atoms with Gasteiger partial charge in [0.2, 0.25) is 0 Å². The van der Waals surface area contributed by atoms with Crippen molar-refractivity contribution in [2.75, 3.05) is 13.1 Å². The van der Waals surface area contributed by atoms with Crippen molar-refractivity contribution in [1.29, 1.82) is 0 Å². The molecule has 1 amide bonds. The highest BCUT2D eigenvalue weighted by Crippen LogP contribution is 2.25. The minimum Gasteiger partial charge on any atom is -0.345 e. The lowest BCUT2D eigenvalue weighted by molar-refractivity contribution is 0.0938. The number of fused-ring (bicyclic) bond motifs is 1. The summed E-state index contributed by atoms with van der Waals surface area (Å²) in [5.74, 6) is 0.298. The molecule has 146 valence electrons. The van der Waals surface area contributed by atoms with Gasteiger partial charge in [-0.05, 0) is 23.3 Å². The first-order valence-corrected chi connectivity index (χ1v) is 9.66. The summed E-state index contributed by atoms with van der Waals surface area (Å²) in [5, 5.41) is 14.5. The van der Waals surface area contributed by atoms with Gasteiger partial charge >= 0.3 is 0 Å². The van der Waals surface area contributed by atoms with Crippen LogP contribution in [0.2, 0.25) is 0 Å². The van der Waals surface area contributed by atoms with Gasteiger partial charge in [0, 0.05) is 25.6 Å². The zero-order valence-corrected chi connectivity index (χ0v) is 15.7. The zero-order chi connectivity index (χ0) is 19.6. The smallest absolute Gasteiger partial charge is 0.274 e. The maximum atomic E-state index is 12.9. The summed E-state index contributed by atoms with van der Waals surface area (Å²) in [7, 11) is 0. The van der Waals surface area contributed by atoms with Crippen molar-refractivity contribution < 1.29 is 4.79 Å². The van der Waals surface area contributed by atoms with Gasteiger partial charge in [-0.25, -0.2) is 4.98 Å². The number of hydrogen-bond donors (Lipinski definition) is 3. The van der Waals surface area contributed by atoms with Crippen molar-refractivity contribution in [2.24, 2.45) is 5.92 Å². The van der Waals surface area contributed by atoms with E-state index in [1.165, 1.54) is 0 Å². The Morgan fingerprint density at radius 2 is 2.03 bits per heavy atom. The summed E-state index contributed by atoms with van der Waals surface area (Å²) in [5.41, 5.74) is 4.10. The molecule has 29 heavy (non-hydrogen) atoms. The van der Waals surface area contributed by atoms with Crippen LogP contribution in [0.1, 0.15) is 27.7 Å². The molecule has 1 saturated heterocycles. The van der Waals surface area contributed by atoms with E-state index in [0.717, 1.165) is 41.8 Å². The van der Waals surface area contributed by atoms with Crippen LogP contribution in [0.25, 0.3) is 11.0 Å². The Bertz CT molecular complexity index is 1130. The third kappa shape index (κ3) is 3.62. The average molecular weight is 387 g/mol. The molecule has 2 aromatic heterocycles. The molecule has 5 rings (SSSR count). The number of benzene rings is 2. The molecule has 3 N–H and O–H groups in total. The summed E-state index contributed by atoms with van der Waals surface area (Å²) < 4.78 is 1.74. The first kappa shape index (κ1) is 17.6. The number of aromatic nitrogens is 5. The van der Waals surface area contributed by atoms with E-state index in [-0.39, 0.29) is 11.9 Å². The number of aromatic amines is 1. The fourth-order valence-electron chi connectivity index (χ4n) is 3.58. The molecule has 0 radical (unpaired) electrons. The molecule has 4 aromatic rings. The molecule has 3 heterocycles. The van der Waals surface area contributed by atoms with Crippen LogP contribution in [0.15, 0.2) is 61.1 Å². The minimum absolute atomic E-state index is 0.249. The van der Waals surface area contributed by atoms with Crippen molar-refractivity contribution in [2.45, 2.75) is 12.6 Å². The van der Waals surface area contributed by atoms with E-state index in [4.69, 9.17) is 0 Å². The molecule has 8 heteroatoms. The SMILES string of the molecule is O=C(NC(c1ccccc1)c1ccc2nc[nH]c2c1)c1cn(CC2CNC2)nn1. The number of carbonyl (C=O) groups excluding carboxylic acids is 1. The van der Waals surface area contributed by atoms with Crippen LogP contribution in [0, 0.1) is 5.92 Å². The number of rotatable bonds is 6. The van der Waals surface area contributed by atoms with E-state index in [0.29, 0.717) is 11.6 Å². The summed E-state index contributed by atoms with van der Waals surface area (Å²) in [6, 6.07) is 15.5. The van der Waals surface area contributed by atoms with Gasteiger partial charge in [0.05, 0.1) is 29.6 Å². The molecular formula is C21H21N7O. The maximum Gasteiger partial charge on any atom is 0.274 e. The summed E-state index contributed by atoms with van der Waals surface area (Å²) in [6.07, 6.45) is 3.38. The van der Waals surface area contributed by atoms with Crippen molar-refractivity contribution in [3.63, 3.8) is 0 Å². The third-order valence-electron chi connectivity index (χ3n) is 5.27. The first-order chi connectivity index (χ1) is 14.3. The Morgan fingerprint density at radius 1 is 1.17 bits per heavy atom. The minimum atomic E-state index is -0.308. The fourth-order valence-corrected chi connectivity index (χ4v) is 3.58. The second-order valence-corrected chi connectivity index (χ2v) is 7.35. The highest BCUT2D eigenvalue weighted by Gasteiger charge is 2.22. The normalized spacial score (nSPS) is 15.2. The van der Waals surface area contributed by atoms with Crippen molar-refractivity contribution >= 4 is 16.9 Å². The number of imidazole rings is 1.